The number of hydrogen-bond acceptors (Lipinski definition) is 2. The van der Waals surface area contributed by atoms with Gasteiger partial charge in [-0.25, -0.2) is 0 Å². The molecule has 0 amide bonds. The van der Waals surface area contributed by atoms with Crippen molar-refractivity contribution in [2.24, 2.45) is 0 Å². The molecule has 0 atom stereocenters. The van der Waals surface area contributed by atoms with E-state index in [2.05, 4.69) is 22.2 Å². The predicted octanol–water partition coefficient (Wildman–Crippen LogP) is 3.33. The van der Waals surface area contributed by atoms with E-state index >= 15 is 0 Å². The monoisotopic (exact) mass is 317 g/mol. The third kappa shape index (κ3) is 4.21. The van der Waals surface area contributed by atoms with E-state index in [1.54, 1.807) is 12.1 Å². The van der Waals surface area contributed by atoms with Crippen LogP contribution in [0.15, 0.2) is 18.2 Å². The standard InChI is InChI=1S/C13H17Cl2N3S/c1-17-5-2-6-18(8-7-17)13(19)16-10-3-4-11(14)12(15)9-10/h3-4,9H,2,5-8H2,1H3,(H,16,19). The summed E-state index contributed by atoms with van der Waals surface area (Å²) in [6, 6.07) is 5.44. The number of likely N-dealkylation sites (N-methyl/N-ethyl adjacent to an activating group) is 1. The average molecular weight is 318 g/mol. The Morgan fingerprint density at radius 3 is 2.68 bits per heavy atom. The number of halogens is 2. The molecule has 1 aliphatic heterocycles. The molecule has 0 radical (unpaired) electrons. The molecular formula is C13H17Cl2N3S. The highest BCUT2D eigenvalue weighted by atomic mass is 35.5. The van der Waals surface area contributed by atoms with E-state index in [-0.39, 0.29) is 0 Å². The third-order valence-electron chi connectivity index (χ3n) is 3.18. The number of anilines is 1. The molecule has 3 nitrogen and oxygen atoms in total. The number of nitrogens with zero attached hydrogens (tertiary/aromatic N) is 2. The van der Waals surface area contributed by atoms with Crippen LogP contribution in [0.1, 0.15) is 6.42 Å². The van der Waals surface area contributed by atoms with Gasteiger partial charge in [0.05, 0.1) is 10.0 Å². The van der Waals surface area contributed by atoms with Crippen molar-refractivity contribution in [2.45, 2.75) is 6.42 Å². The van der Waals surface area contributed by atoms with Crippen molar-refractivity contribution in [3.8, 4) is 0 Å². The van der Waals surface area contributed by atoms with E-state index in [1.807, 2.05) is 6.07 Å². The molecule has 6 heteroatoms. The molecule has 19 heavy (non-hydrogen) atoms. The van der Waals surface area contributed by atoms with Gasteiger partial charge in [-0.2, -0.15) is 0 Å². The van der Waals surface area contributed by atoms with Crippen LogP contribution in [0.25, 0.3) is 0 Å². The van der Waals surface area contributed by atoms with E-state index in [0.29, 0.717) is 10.0 Å². The number of nitrogens with one attached hydrogen (secondary N) is 1. The lowest BCUT2D eigenvalue weighted by Crippen LogP contribution is -2.37. The van der Waals surface area contributed by atoms with Crippen molar-refractivity contribution < 1.29 is 0 Å². The smallest absolute Gasteiger partial charge is 0.173 e. The third-order valence-corrected chi connectivity index (χ3v) is 4.28. The van der Waals surface area contributed by atoms with Gasteiger partial charge < -0.3 is 15.1 Å². The zero-order valence-electron chi connectivity index (χ0n) is 10.8. The van der Waals surface area contributed by atoms with Crippen molar-refractivity contribution in [2.75, 3.05) is 38.5 Å². The average Bonchev–Trinajstić information content (AvgIpc) is 2.59. The number of hydrogen-bond donors (Lipinski definition) is 1. The van der Waals surface area contributed by atoms with E-state index in [4.69, 9.17) is 35.4 Å². The summed E-state index contributed by atoms with van der Waals surface area (Å²) in [5.74, 6) is 0. The Hall–Kier alpha value is -0.550. The normalized spacial score (nSPS) is 17.1. The fourth-order valence-corrected chi connectivity index (χ4v) is 2.62. The first-order valence-corrected chi connectivity index (χ1v) is 7.42. The Balaban J connectivity index is 1.98. The minimum atomic E-state index is 0.532. The molecular weight excluding hydrogens is 301 g/mol. The van der Waals surface area contributed by atoms with Crippen LogP contribution in [0.3, 0.4) is 0 Å². The van der Waals surface area contributed by atoms with Gasteiger partial charge in [-0.05, 0) is 50.4 Å². The molecule has 1 aliphatic rings. The molecule has 1 N–H and O–H groups in total. The molecule has 1 aromatic rings. The molecule has 0 unspecified atom stereocenters. The van der Waals surface area contributed by atoms with Crippen molar-refractivity contribution in [1.29, 1.82) is 0 Å². The van der Waals surface area contributed by atoms with Gasteiger partial charge in [0.25, 0.3) is 0 Å². The van der Waals surface area contributed by atoms with Crippen LogP contribution < -0.4 is 5.32 Å². The van der Waals surface area contributed by atoms with Crippen molar-refractivity contribution in [3.63, 3.8) is 0 Å². The quantitative estimate of drug-likeness (QED) is 0.800. The molecule has 0 bridgehead atoms. The fraction of sp³-hybridized carbons (Fsp3) is 0.462. The second-order valence-electron chi connectivity index (χ2n) is 4.70. The highest BCUT2D eigenvalue weighted by molar-refractivity contribution is 7.80. The Morgan fingerprint density at radius 2 is 1.95 bits per heavy atom. The minimum Gasteiger partial charge on any atom is -0.348 e. The van der Waals surface area contributed by atoms with Gasteiger partial charge in [0.15, 0.2) is 5.11 Å². The van der Waals surface area contributed by atoms with E-state index in [0.717, 1.165) is 43.4 Å². The molecule has 104 valence electrons. The van der Waals surface area contributed by atoms with Crippen LogP contribution >= 0.6 is 35.4 Å². The zero-order chi connectivity index (χ0) is 13.8. The number of rotatable bonds is 1. The van der Waals surface area contributed by atoms with Gasteiger partial charge in [0.1, 0.15) is 0 Å². The summed E-state index contributed by atoms with van der Waals surface area (Å²) in [7, 11) is 2.14. The first-order chi connectivity index (χ1) is 9.06. The van der Waals surface area contributed by atoms with Crippen LogP contribution in [0, 0.1) is 0 Å². The van der Waals surface area contributed by atoms with Gasteiger partial charge in [-0.1, -0.05) is 23.2 Å². The summed E-state index contributed by atoms with van der Waals surface area (Å²) in [5, 5.41) is 5.05. The maximum atomic E-state index is 5.99. The Morgan fingerprint density at radius 1 is 1.16 bits per heavy atom. The Labute approximate surface area is 129 Å². The van der Waals surface area contributed by atoms with Crippen LogP contribution in [-0.2, 0) is 0 Å². The lowest BCUT2D eigenvalue weighted by Gasteiger charge is -2.24. The highest BCUT2D eigenvalue weighted by Crippen LogP contribution is 2.25. The maximum Gasteiger partial charge on any atom is 0.173 e. The fourth-order valence-electron chi connectivity index (χ4n) is 2.03. The van der Waals surface area contributed by atoms with E-state index in [9.17, 15) is 0 Å². The van der Waals surface area contributed by atoms with Gasteiger partial charge in [-0.3, -0.25) is 0 Å². The second-order valence-corrected chi connectivity index (χ2v) is 5.90. The molecule has 0 aliphatic carbocycles. The number of benzene rings is 1. The van der Waals surface area contributed by atoms with Crippen LogP contribution in [0.5, 0.6) is 0 Å². The maximum absolute atomic E-state index is 5.99. The van der Waals surface area contributed by atoms with Crippen molar-refractivity contribution >= 4 is 46.2 Å². The van der Waals surface area contributed by atoms with Crippen molar-refractivity contribution in [3.05, 3.63) is 28.2 Å². The molecule has 2 rings (SSSR count). The van der Waals surface area contributed by atoms with Gasteiger partial charge in [0, 0.05) is 25.3 Å². The largest absolute Gasteiger partial charge is 0.348 e. The molecule has 1 saturated heterocycles. The van der Waals surface area contributed by atoms with Gasteiger partial charge in [-0.15, -0.1) is 0 Å². The topological polar surface area (TPSA) is 18.5 Å². The second kappa shape index (κ2) is 6.75. The van der Waals surface area contributed by atoms with Gasteiger partial charge in [0.2, 0.25) is 0 Å². The lowest BCUT2D eigenvalue weighted by molar-refractivity contribution is 0.347. The SMILES string of the molecule is CN1CCCN(C(=S)Nc2ccc(Cl)c(Cl)c2)CC1. The van der Waals surface area contributed by atoms with Crippen molar-refractivity contribution in [1.82, 2.24) is 9.80 Å². The lowest BCUT2D eigenvalue weighted by atomic mass is 10.3. The van der Waals surface area contributed by atoms with Crippen LogP contribution in [0.4, 0.5) is 5.69 Å². The summed E-state index contributed by atoms with van der Waals surface area (Å²) in [6.45, 7) is 4.08. The molecule has 1 heterocycles. The summed E-state index contributed by atoms with van der Waals surface area (Å²) in [5.41, 5.74) is 0.872. The molecule has 1 fully saturated rings. The molecule has 0 saturated carbocycles. The van der Waals surface area contributed by atoms with E-state index < -0.39 is 0 Å². The molecule has 0 aromatic heterocycles. The molecule has 0 spiro atoms. The van der Waals surface area contributed by atoms with Crippen LogP contribution in [0.2, 0.25) is 10.0 Å². The number of thiocarbonyl (C=S) groups is 1. The zero-order valence-corrected chi connectivity index (χ0v) is 13.2. The Kier molecular flexibility index (Phi) is 5.28. The summed E-state index contributed by atoms with van der Waals surface area (Å²) < 4.78 is 0. The minimum absolute atomic E-state index is 0.532. The molecule has 1 aromatic carbocycles. The summed E-state index contributed by atoms with van der Waals surface area (Å²) in [4.78, 5) is 4.52. The Bertz CT molecular complexity index is 467. The van der Waals surface area contributed by atoms with Crippen LogP contribution in [-0.4, -0.2) is 48.1 Å². The van der Waals surface area contributed by atoms with Gasteiger partial charge >= 0.3 is 0 Å². The highest BCUT2D eigenvalue weighted by Gasteiger charge is 2.14. The predicted molar refractivity (Wildman–Crippen MR) is 86.4 cm³/mol. The first kappa shape index (κ1) is 14.9. The first-order valence-electron chi connectivity index (χ1n) is 6.26. The van der Waals surface area contributed by atoms with E-state index in [1.165, 1.54) is 0 Å². The summed E-state index contributed by atoms with van der Waals surface area (Å²) in [6.07, 6.45) is 1.12. The summed E-state index contributed by atoms with van der Waals surface area (Å²) >= 11 is 17.3.